The first-order valence-electron chi connectivity index (χ1n) is 7.92. The molecule has 1 aliphatic carbocycles. The minimum Gasteiger partial charge on any atom is -0.467 e. The van der Waals surface area contributed by atoms with Gasteiger partial charge in [-0.3, -0.25) is 10.1 Å². The van der Waals surface area contributed by atoms with Gasteiger partial charge in [-0.25, -0.2) is 0 Å². The Morgan fingerprint density at radius 3 is 2.60 bits per heavy atom. The summed E-state index contributed by atoms with van der Waals surface area (Å²) in [6.07, 6.45) is 6.50. The molecule has 1 aliphatic rings. The third-order valence-electron chi connectivity index (χ3n) is 3.68. The van der Waals surface area contributed by atoms with E-state index in [1.165, 1.54) is 7.11 Å². The van der Waals surface area contributed by atoms with Crippen molar-refractivity contribution in [1.29, 1.82) is 0 Å². The molecule has 0 fully saturated rings. The van der Waals surface area contributed by atoms with Gasteiger partial charge in [0, 0.05) is 5.69 Å². The Bertz CT molecular complexity index is 817. The molecular weight excluding hydrogens is 318 g/mol. The van der Waals surface area contributed by atoms with E-state index >= 15 is 0 Å². The molecule has 0 aliphatic heterocycles. The monoisotopic (exact) mass is 337 g/mol. The number of anilines is 3. The first kappa shape index (κ1) is 16.6. The summed E-state index contributed by atoms with van der Waals surface area (Å²) in [5, 5.41) is 5.79. The second-order valence-corrected chi connectivity index (χ2v) is 5.60. The van der Waals surface area contributed by atoms with E-state index in [9.17, 15) is 4.79 Å². The van der Waals surface area contributed by atoms with Crippen LogP contribution in [-0.4, -0.2) is 28.0 Å². The minimum absolute atomic E-state index is 0.124. The molecule has 2 N–H and O–H groups in total. The molecule has 1 unspecified atom stereocenters. The topological polar surface area (TPSA) is 89.0 Å². The molecule has 2 aromatic rings. The number of hydrogen-bond acceptors (Lipinski definition) is 6. The number of allylic oxidation sites excluding steroid dienone is 3. The van der Waals surface area contributed by atoms with Gasteiger partial charge in [-0.1, -0.05) is 42.0 Å². The largest absolute Gasteiger partial charge is 0.467 e. The maximum Gasteiger partial charge on any atom is 0.322 e. The third-order valence-corrected chi connectivity index (χ3v) is 3.68. The predicted octanol–water partition coefficient (Wildman–Crippen LogP) is 3.08. The van der Waals surface area contributed by atoms with E-state index in [0.717, 1.165) is 11.3 Å². The highest BCUT2D eigenvalue weighted by molar-refractivity contribution is 5.92. The van der Waals surface area contributed by atoms with E-state index in [1.807, 2.05) is 55.5 Å². The first-order valence-corrected chi connectivity index (χ1v) is 7.92. The molecule has 25 heavy (non-hydrogen) atoms. The summed E-state index contributed by atoms with van der Waals surface area (Å²) in [4.78, 5) is 24.9. The van der Waals surface area contributed by atoms with Crippen LogP contribution in [0, 0.1) is 5.92 Å². The van der Waals surface area contributed by atoms with Crippen LogP contribution < -0.4 is 15.4 Å². The molecule has 0 bridgehead atoms. The van der Waals surface area contributed by atoms with Crippen LogP contribution in [0.3, 0.4) is 0 Å². The summed E-state index contributed by atoms with van der Waals surface area (Å²) in [7, 11) is 1.46. The molecule has 0 spiro atoms. The van der Waals surface area contributed by atoms with Crippen molar-refractivity contribution < 1.29 is 9.53 Å². The van der Waals surface area contributed by atoms with Crippen molar-refractivity contribution in [3.05, 3.63) is 54.1 Å². The number of rotatable bonds is 5. The summed E-state index contributed by atoms with van der Waals surface area (Å²) >= 11 is 0. The zero-order chi connectivity index (χ0) is 17.6. The van der Waals surface area contributed by atoms with Crippen LogP contribution in [0.1, 0.15) is 13.3 Å². The van der Waals surface area contributed by atoms with Crippen LogP contribution in [0.25, 0.3) is 0 Å². The zero-order valence-electron chi connectivity index (χ0n) is 14.1. The Morgan fingerprint density at radius 2 is 1.92 bits per heavy atom. The van der Waals surface area contributed by atoms with E-state index in [2.05, 4.69) is 25.6 Å². The summed E-state index contributed by atoms with van der Waals surface area (Å²) in [5.74, 6) is 0.0362. The number of hydrogen-bond donors (Lipinski definition) is 2. The average Bonchev–Trinajstić information content (AvgIpc) is 2.63. The fraction of sp³-hybridized carbons (Fsp3) is 0.222. The number of para-hydroxylation sites is 1. The highest BCUT2D eigenvalue weighted by Crippen LogP contribution is 2.19. The Labute approximate surface area is 145 Å². The predicted molar refractivity (Wildman–Crippen MR) is 95.7 cm³/mol. The number of carbonyl (C=O) groups is 1. The van der Waals surface area contributed by atoms with E-state index in [-0.39, 0.29) is 23.8 Å². The molecular formula is C18H19N5O2. The molecule has 1 aromatic carbocycles. The molecule has 0 saturated heterocycles. The minimum atomic E-state index is -0.239. The van der Waals surface area contributed by atoms with Crippen molar-refractivity contribution >= 4 is 23.5 Å². The van der Waals surface area contributed by atoms with Gasteiger partial charge in [0.15, 0.2) is 0 Å². The van der Waals surface area contributed by atoms with Gasteiger partial charge in [-0.15, -0.1) is 0 Å². The second-order valence-electron chi connectivity index (χ2n) is 5.60. The smallest absolute Gasteiger partial charge is 0.322 e. The van der Waals surface area contributed by atoms with Crippen molar-refractivity contribution in [3.63, 3.8) is 0 Å². The van der Waals surface area contributed by atoms with Gasteiger partial charge in [0.1, 0.15) is 0 Å². The Kier molecular flexibility index (Phi) is 5.03. The molecule has 0 radical (unpaired) electrons. The lowest BCUT2D eigenvalue weighted by molar-refractivity contribution is -0.118. The molecule has 0 saturated carbocycles. The van der Waals surface area contributed by atoms with Crippen molar-refractivity contribution in [2.45, 2.75) is 13.3 Å². The molecule has 7 heteroatoms. The van der Waals surface area contributed by atoms with Gasteiger partial charge in [0.05, 0.1) is 13.0 Å². The van der Waals surface area contributed by atoms with Crippen LogP contribution in [0.15, 0.2) is 54.1 Å². The number of nitrogens with zero attached hydrogens (tertiary/aromatic N) is 3. The number of ether oxygens (including phenoxy) is 1. The summed E-state index contributed by atoms with van der Waals surface area (Å²) in [6.45, 7) is 2.00. The fourth-order valence-electron chi connectivity index (χ4n) is 2.33. The fourth-order valence-corrected chi connectivity index (χ4v) is 2.33. The van der Waals surface area contributed by atoms with E-state index in [0.29, 0.717) is 12.4 Å². The number of carbonyl (C=O) groups excluding carboxylic acids is 1. The first-order chi connectivity index (χ1) is 12.1. The van der Waals surface area contributed by atoms with Gasteiger partial charge in [0.2, 0.25) is 17.8 Å². The van der Waals surface area contributed by atoms with E-state index in [1.54, 1.807) is 0 Å². The SMILES string of the molecule is COc1nc(NC(=O)C2C=CC(C)=CC2)nc(Nc2ccccc2)n1. The lowest BCUT2D eigenvalue weighted by Gasteiger charge is -2.14. The summed E-state index contributed by atoms with van der Waals surface area (Å²) in [6, 6.07) is 9.60. The van der Waals surface area contributed by atoms with Crippen LogP contribution >= 0.6 is 0 Å². The van der Waals surface area contributed by atoms with Gasteiger partial charge >= 0.3 is 6.01 Å². The second kappa shape index (κ2) is 7.57. The number of aromatic nitrogens is 3. The molecule has 7 nitrogen and oxygen atoms in total. The third kappa shape index (κ3) is 4.41. The molecule has 128 valence electrons. The highest BCUT2D eigenvalue weighted by Gasteiger charge is 2.18. The lowest BCUT2D eigenvalue weighted by Crippen LogP contribution is -2.23. The molecule has 1 atom stereocenters. The average molecular weight is 337 g/mol. The van der Waals surface area contributed by atoms with Crippen molar-refractivity contribution in [2.24, 2.45) is 5.92 Å². The Hall–Kier alpha value is -3.22. The number of amides is 1. The summed E-state index contributed by atoms with van der Waals surface area (Å²) in [5.41, 5.74) is 1.98. The molecule has 3 rings (SSSR count). The van der Waals surface area contributed by atoms with E-state index in [4.69, 9.17) is 4.74 Å². The van der Waals surface area contributed by atoms with Gasteiger partial charge in [-0.2, -0.15) is 15.0 Å². The maximum absolute atomic E-state index is 12.4. The van der Waals surface area contributed by atoms with Gasteiger partial charge in [-0.05, 0) is 25.5 Å². The molecule has 1 aromatic heterocycles. The van der Waals surface area contributed by atoms with Crippen LogP contribution in [0.2, 0.25) is 0 Å². The van der Waals surface area contributed by atoms with E-state index < -0.39 is 0 Å². The molecule has 1 amide bonds. The summed E-state index contributed by atoms with van der Waals surface area (Å²) < 4.78 is 5.10. The Morgan fingerprint density at radius 1 is 1.16 bits per heavy atom. The van der Waals surface area contributed by atoms with Crippen LogP contribution in [0.4, 0.5) is 17.6 Å². The standard InChI is InChI=1S/C18H19N5O2/c1-12-8-10-13(11-9-12)15(24)20-17-21-16(22-18(23-17)25-2)19-14-6-4-3-5-7-14/h3-10,13H,11H2,1-2H3,(H2,19,20,21,22,23,24). The Balaban J connectivity index is 1.75. The molecule has 1 heterocycles. The number of methoxy groups -OCH3 is 1. The zero-order valence-corrected chi connectivity index (χ0v) is 14.1. The number of benzene rings is 1. The lowest BCUT2D eigenvalue weighted by atomic mass is 9.97. The van der Waals surface area contributed by atoms with Crippen molar-refractivity contribution in [3.8, 4) is 6.01 Å². The van der Waals surface area contributed by atoms with Crippen molar-refractivity contribution in [1.82, 2.24) is 15.0 Å². The normalized spacial score (nSPS) is 16.1. The highest BCUT2D eigenvalue weighted by atomic mass is 16.5. The van der Waals surface area contributed by atoms with Crippen LogP contribution in [0.5, 0.6) is 6.01 Å². The number of nitrogens with one attached hydrogen (secondary N) is 2. The van der Waals surface area contributed by atoms with Crippen LogP contribution in [-0.2, 0) is 4.79 Å². The quantitative estimate of drug-likeness (QED) is 0.871. The van der Waals surface area contributed by atoms with Gasteiger partial charge in [0.25, 0.3) is 0 Å². The van der Waals surface area contributed by atoms with Crippen molar-refractivity contribution in [2.75, 3.05) is 17.7 Å². The van der Waals surface area contributed by atoms with Gasteiger partial charge < -0.3 is 10.1 Å². The maximum atomic E-state index is 12.4.